The van der Waals surface area contributed by atoms with Crippen LogP contribution < -0.4 is 0 Å². The van der Waals surface area contributed by atoms with Crippen molar-refractivity contribution in [2.24, 2.45) is 45.8 Å². The molecule has 0 unspecified atom stereocenters. The van der Waals surface area contributed by atoms with E-state index in [9.17, 15) is 14.7 Å². The Labute approximate surface area is 166 Å². The fourth-order valence-electron chi connectivity index (χ4n) is 8.64. The van der Waals surface area contributed by atoms with Gasteiger partial charge in [0, 0.05) is 34.7 Å². The Morgan fingerprint density at radius 2 is 2.07 bits per heavy atom. The first-order valence-corrected chi connectivity index (χ1v) is 11.0. The molecule has 28 heavy (non-hydrogen) atoms. The molecular weight excluding hydrogens is 352 g/mol. The summed E-state index contributed by atoms with van der Waals surface area (Å²) in [5.74, 6) is 1.07. The molecule has 1 spiro atoms. The first-order valence-electron chi connectivity index (χ1n) is 11.0. The van der Waals surface area contributed by atoms with E-state index in [0.717, 1.165) is 19.3 Å². The molecule has 4 nitrogen and oxygen atoms in total. The highest BCUT2D eigenvalue weighted by Gasteiger charge is 2.83. The van der Waals surface area contributed by atoms with Crippen LogP contribution in [0.15, 0.2) is 24.3 Å². The Balaban J connectivity index is 1.51. The standard InChI is InChI=1S/C24H30O4/c1-12(2)22-9-16(22)24(17(25)10-22)11-23-8-6-15(24)18(23)19-14(5-7-21(23,4)27)13(3)20(26)28-19/h6,8,12,14-16,18-19,27H,3,5,7,9-11H2,1-2,4H3/t14-,15+,16-,18-,19-,21+,22-,23-,24+/m1/s1. The van der Waals surface area contributed by atoms with E-state index >= 15 is 0 Å². The van der Waals surface area contributed by atoms with Crippen molar-refractivity contribution < 1.29 is 19.4 Å². The number of rotatable bonds is 1. The summed E-state index contributed by atoms with van der Waals surface area (Å²) in [5, 5.41) is 11.7. The Morgan fingerprint density at radius 3 is 2.75 bits per heavy atom. The third-order valence-electron chi connectivity index (χ3n) is 10.3. The van der Waals surface area contributed by atoms with Crippen LogP contribution in [0.2, 0.25) is 0 Å². The number of hydrogen-bond acceptors (Lipinski definition) is 4. The minimum Gasteiger partial charge on any atom is -0.458 e. The van der Waals surface area contributed by atoms with Crippen LogP contribution in [0, 0.1) is 45.8 Å². The number of carbonyl (C=O) groups excluding carboxylic acids is 2. The molecule has 150 valence electrons. The Hall–Kier alpha value is -1.42. The van der Waals surface area contributed by atoms with Crippen LogP contribution >= 0.6 is 0 Å². The van der Waals surface area contributed by atoms with Crippen molar-refractivity contribution in [3.63, 3.8) is 0 Å². The molecule has 4 saturated carbocycles. The topological polar surface area (TPSA) is 63.6 Å². The van der Waals surface area contributed by atoms with E-state index in [1.807, 2.05) is 6.92 Å². The lowest BCUT2D eigenvalue weighted by Crippen LogP contribution is -2.48. The summed E-state index contributed by atoms with van der Waals surface area (Å²) in [5.41, 5.74) is -1.04. The van der Waals surface area contributed by atoms with E-state index in [1.54, 1.807) is 0 Å². The highest BCUT2D eigenvalue weighted by Crippen LogP contribution is 2.83. The maximum absolute atomic E-state index is 13.6. The van der Waals surface area contributed by atoms with E-state index in [1.165, 1.54) is 0 Å². The van der Waals surface area contributed by atoms with Gasteiger partial charge in [-0.3, -0.25) is 4.79 Å². The molecular formula is C24H30O4. The Bertz CT molecular complexity index is 868. The van der Waals surface area contributed by atoms with Crippen molar-refractivity contribution in [3.8, 4) is 0 Å². The van der Waals surface area contributed by atoms with Crippen LogP contribution in [0.25, 0.3) is 0 Å². The van der Waals surface area contributed by atoms with E-state index in [2.05, 4.69) is 32.6 Å². The number of ketones is 1. The lowest BCUT2D eigenvalue weighted by atomic mass is 9.63. The number of fused-ring (bicyclic) bond motifs is 4. The summed E-state index contributed by atoms with van der Waals surface area (Å²) < 4.78 is 5.90. The van der Waals surface area contributed by atoms with Gasteiger partial charge in [0.15, 0.2) is 0 Å². The molecule has 0 amide bonds. The lowest BCUT2D eigenvalue weighted by Gasteiger charge is -2.44. The highest BCUT2D eigenvalue weighted by molar-refractivity contribution is 5.93. The third kappa shape index (κ3) is 1.56. The third-order valence-corrected chi connectivity index (χ3v) is 10.3. The van der Waals surface area contributed by atoms with Crippen molar-refractivity contribution in [2.75, 3.05) is 0 Å². The average Bonchev–Trinajstić information content (AvgIpc) is 2.90. The largest absolute Gasteiger partial charge is 0.458 e. The van der Waals surface area contributed by atoms with Gasteiger partial charge in [-0.1, -0.05) is 32.6 Å². The number of Topliss-reactive ketones (excluding diaryl/α,β-unsaturated/α-hetero) is 1. The second kappa shape index (κ2) is 4.66. The number of carbonyl (C=O) groups is 2. The number of hydrogen-bond donors (Lipinski definition) is 1. The first kappa shape index (κ1) is 17.4. The van der Waals surface area contributed by atoms with Gasteiger partial charge in [-0.15, -0.1) is 0 Å². The van der Waals surface area contributed by atoms with Gasteiger partial charge in [-0.05, 0) is 55.8 Å². The predicted molar refractivity (Wildman–Crippen MR) is 103 cm³/mol. The van der Waals surface area contributed by atoms with Crippen LogP contribution in [0.1, 0.15) is 52.9 Å². The maximum Gasteiger partial charge on any atom is 0.334 e. The van der Waals surface area contributed by atoms with Crippen molar-refractivity contribution in [3.05, 3.63) is 24.3 Å². The van der Waals surface area contributed by atoms with Crippen LogP contribution in [0.4, 0.5) is 0 Å². The zero-order chi connectivity index (χ0) is 19.9. The van der Waals surface area contributed by atoms with Gasteiger partial charge in [-0.25, -0.2) is 4.79 Å². The maximum atomic E-state index is 13.6. The molecule has 1 heterocycles. The zero-order valence-corrected chi connectivity index (χ0v) is 17.0. The summed E-state index contributed by atoms with van der Waals surface area (Å²) in [4.78, 5) is 25.9. The van der Waals surface area contributed by atoms with Gasteiger partial charge in [0.25, 0.3) is 0 Å². The van der Waals surface area contributed by atoms with Gasteiger partial charge in [0.1, 0.15) is 11.9 Å². The van der Waals surface area contributed by atoms with Gasteiger partial charge in [0.2, 0.25) is 0 Å². The molecule has 1 aliphatic heterocycles. The quantitative estimate of drug-likeness (QED) is 0.429. The van der Waals surface area contributed by atoms with E-state index in [4.69, 9.17) is 4.74 Å². The molecule has 2 bridgehead atoms. The Morgan fingerprint density at radius 1 is 1.32 bits per heavy atom. The second-order valence-corrected chi connectivity index (χ2v) is 11.2. The van der Waals surface area contributed by atoms with E-state index < -0.39 is 11.0 Å². The number of aliphatic hydroxyl groups is 1. The minimum absolute atomic E-state index is 0.00860. The molecule has 1 N–H and O–H groups in total. The van der Waals surface area contributed by atoms with Crippen LogP contribution in [-0.4, -0.2) is 28.6 Å². The van der Waals surface area contributed by atoms with Crippen LogP contribution in [0.5, 0.6) is 0 Å². The van der Waals surface area contributed by atoms with Crippen LogP contribution in [0.3, 0.4) is 0 Å². The fourth-order valence-corrected chi connectivity index (χ4v) is 8.64. The monoisotopic (exact) mass is 382 g/mol. The molecule has 0 aromatic carbocycles. The van der Waals surface area contributed by atoms with E-state index in [-0.39, 0.29) is 40.7 Å². The second-order valence-electron chi connectivity index (χ2n) is 11.2. The lowest BCUT2D eigenvalue weighted by molar-refractivity contribution is -0.146. The minimum atomic E-state index is -0.901. The predicted octanol–water partition coefficient (Wildman–Crippen LogP) is 3.44. The Kier molecular flexibility index (Phi) is 2.90. The van der Waals surface area contributed by atoms with Crippen LogP contribution in [-0.2, 0) is 14.3 Å². The molecule has 0 radical (unpaired) electrons. The van der Waals surface area contributed by atoms with Gasteiger partial charge in [-0.2, -0.15) is 0 Å². The van der Waals surface area contributed by atoms with Crippen molar-refractivity contribution in [1.82, 2.24) is 0 Å². The fraction of sp³-hybridized carbons (Fsp3) is 0.750. The molecule has 1 saturated heterocycles. The van der Waals surface area contributed by atoms with Gasteiger partial charge >= 0.3 is 5.97 Å². The molecule has 4 heteroatoms. The number of ether oxygens (including phenoxy) is 1. The summed E-state index contributed by atoms with van der Waals surface area (Å²) in [6.07, 6.45) is 8.03. The van der Waals surface area contributed by atoms with Crippen molar-refractivity contribution in [2.45, 2.75) is 64.6 Å². The zero-order valence-electron chi connectivity index (χ0n) is 17.0. The molecule has 5 aliphatic carbocycles. The van der Waals surface area contributed by atoms with Crippen molar-refractivity contribution >= 4 is 11.8 Å². The highest BCUT2D eigenvalue weighted by atomic mass is 16.6. The first-order chi connectivity index (χ1) is 13.1. The smallest absolute Gasteiger partial charge is 0.334 e. The summed E-state index contributed by atoms with van der Waals surface area (Å²) in [6, 6.07) is 0. The molecule has 0 aromatic rings. The van der Waals surface area contributed by atoms with Gasteiger partial charge < -0.3 is 9.84 Å². The average molecular weight is 383 g/mol. The van der Waals surface area contributed by atoms with Gasteiger partial charge in [0.05, 0.1) is 5.60 Å². The molecule has 6 rings (SSSR count). The SMILES string of the molecule is C=C1C(=O)O[C@H]2[C@H]3[C@@H]4C=C[C@]3(C[C@]43C(=O)C[C@@]4(C(C)C)C[C@H]43)[C@@](C)(O)CC[C@H]12. The molecule has 5 fully saturated rings. The van der Waals surface area contributed by atoms with Crippen molar-refractivity contribution in [1.29, 1.82) is 0 Å². The summed E-state index contributed by atoms with van der Waals surface area (Å²) in [6.45, 7) is 10.5. The molecule has 6 aliphatic rings. The summed E-state index contributed by atoms with van der Waals surface area (Å²) in [7, 11) is 0. The van der Waals surface area contributed by atoms with E-state index in [0.29, 0.717) is 36.0 Å². The normalized spacial score (nSPS) is 58.2. The summed E-state index contributed by atoms with van der Waals surface area (Å²) >= 11 is 0. The number of esters is 1. The molecule has 9 atom stereocenters. The molecule has 0 aromatic heterocycles. The number of allylic oxidation sites excluding steroid dienone is 1.